The fourth-order valence-corrected chi connectivity index (χ4v) is 0.390. The first-order valence-electron chi connectivity index (χ1n) is 4.73. The van der Waals surface area contributed by atoms with Gasteiger partial charge >= 0.3 is 11.9 Å². The zero-order valence-corrected chi connectivity index (χ0v) is 9.63. The van der Waals surface area contributed by atoms with Gasteiger partial charge in [0.15, 0.2) is 0 Å². The summed E-state index contributed by atoms with van der Waals surface area (Å²) in [4.78, 5) is 20.3. The lowest BCUT2D eigenvalue weighted by Crippen LogP contribution is -2.35. The van der Waals surface area contributed by atoms with Gasteiger partial charge in [0.05, 0.1) is 19.8 Å². The highest BCUT2D eigenvalue weighted by molar-refractivity contribution is 5.81. The van der Waals surface area contributed by atoms with E-state index < -0.39 is 30.6 Å². The van der Waals surface area contributed by atoms with Crippen molar-refractivity contribution in [1.29, 1.82) is 0 Å². The lowest BCUT2D eigenvalue weighted by atomic mass is 9.94. The smallest absolute Gasteiger partial charge is 0.330 e. The molecule has 0 aromatic heterocycles. The molecule has 0 bridgehead atoms. The molecule has 0 radical (unpaired) electrons. The summed E-state index contributed by atoms with van der Waals surface area (Å²) in [5, 5.41) is 33.2. The van der Waals surface area contributed by atoms with E-state index in [0.29, 0.717) is 0 Å². The number of ether oxygens (including phenoxy) is 1. The fraction of sp³-hybridized carbons (Fsp3) is 0.600. The average Bonchev–Trinajstić information content (AvgIpc) is 2.35. The van der Waals surface area contributed by atoms with Crippen molar-refractivity contribution in [3.63, 3.8) is 0 Å². The van der Waals surface area contributed by atoms with E-state index in [2.05, 4.69) is 11.3 Å². The summed E-state index contributed by atoms with van der Waals surface area (Å²) >= 11 is 0. The van der Waals surface area contributed by atoms with Crippen molar-refractivity contribution in [3.05, 3.63) is 12.7 Å². The Morgan fingerprint density at radius 3 is 1.94 bits per heavy atom. The average molecular weight is 250 g/mol. The predicted molar refractivity (Wildman–Crippen MR) is 58.2 cm³/mol. The highest BCUT2D eigenvalue weighted by atomic mass is 16.5. The Kier molecular flexibility index (Phi) is 10.3. The van der Waals surface area contributed by atoms with Gasteiger partial charge in [-0.25, -0.2) is 4.79 Å². The van der Waals surface area contributed by atoms with Crippen LogP contribution in [0.2, 0.25) is 0 Å². The van der Waals surface area contributed by atoms with Crippen LogP contribution < -0.4 is 0 Å². The van der Waals surface area contributed by atoms with E-state index in [9.17, 15) is 9.59 Å². The molecule has 0 heterocycles. The Bertz CT molecular complexity index is 245. The quantitative estimate of drug-likeness (QED) is 0.343. The molecule has 0 aliphatic rings. The van der Waals surface area contributed by atoms with Crippen LogP contribution in [0.15, 0.2) is 12.7 Å². The second-order valence-electron chi connectivity index (χ2n) is 3.28. The van der Waals surface area contributed by atoms with E-state index >= 15 is 0 Å². The Hall–Kier alpha value is -1.44. The third kappa shape index (κ3) is 8.38. The molecule has 0 aliphatic heterocycles. The van der Waals surface area contributed by atoms with Crippen LogP contribution in [0, 0.1) is 5.41 Å². The number of aliphatic carboxylic acids is 1. The van der Waals surface area contributed by atoms with E-state index in [-0.39, 0.29) is 13.2 Å². The second kappa shape index (κ2) is 9.76. The standard InChI is InChI=1S/C5H10O4.C5H8O3/c1-5(2-6,3-7)4(8)9;1-2-5(7)8-4-3-6/h6-7H,2-3H2,1H3,(H,8,9);2,6H,1,3-4H2. The lowest BCUT2D eigenvalue weighted by Gasteiger charge is -2.17. The number of aliphatic hydroxyl groups is 3. The van der Waals surface area contributed by atoms with Crippen molar-refractivity contribution in [2.24, 2.45) is 5.41 Å². The zero-order valence-electron chi connectivity index (χ0n) is 9.63. The van der Waals surface area contributed by atoms with Gasteiger partial charge in [0.1, 0.15) is 12.0 Å². The van der Waals surface area contributed by atoms with Crippen LogP contribution in [-0.2, 0) is 14.3 Å². The summed E-state index contributed by atoms with van der Waals surface area (Å²) in [6.07, 6.45) is 1.05. The van der Waals surface area contributed by atoms with Gasteiger partial charge in [-0.05, 0) is 6.92 Å². The van der Waals surface area contributed by atoms with Crippen LogP contribution in [0.5, 0.6) is 0 Å². The summed E-state index contributed by atoms with van der Waals surface area (Å²) in [5.74, 6) is -1.69. The first kappa shape index (κ1) is 17.9. The van der Waals surface area contributed by atoms with Gasteiger partial charge < -0.3 is 25.2 Å². The molecule has 4 N–H and O–H groups in total. The van der Waals surface area contributed by atoms with Gasteiger partial charge in [0.25, 0.3) is 0 Å². The van der Waals surface area contributed by atoms with E-state index in [1.54, 1.807) is 0 Å². The number of carbonyl (C=O) groups is 2. The third-order valence-corrected chi connectivity index (χ3v) is 1.72. The van der Waals surface area contributed by atoms with E-state index in [4.69, 9.17) is 20.4 Å². The van der Waals surface area contributed by atoms with Crippen LogP contribution in [-0.4, -0.2) is 58.8 Å². The summed E-state index contributed by atoms with van der Waals surface area (Å²) < 4.78 is 4.33. The summed E-state index contributed by atoms with van der Waals surface area (Å²) in [6, 6.07) is 0. The van der Waals surface area contributed by atoms with Crippen molar-refractivity contribution in [2.75, 3.05) is 26.4 Å². The van der Waals surface area contributed by atoms with Crippen molar-refractivity contribution >= 4 is 11.9 Å². The molecule has 0 atom stereocenters. The van der Waals surface area contributed by atoms with Crippen LogP contribution in [0.25, 0.3) is 0 Å². The minimum absolute atomic E-state index is 0.0465. The molecule has 0 rings (SSSR count). The number of esters is 1. The molecule has 0 unspecified atom stereocenters. The summed E-state index contributed by atoms with van der Waals surface area (Å²) in [7, 11) is 0. The van der Waals surface area contributed by atoms with Crippen LogP contribution in [0.4, 0.5) is 0 Å². The van der Waals surface area contributed by atoms with E-state index in [1.807, 2.05) is 0 Å². The highest BCUT2D eigenvalue weighted by Crippen LogP contribution is 2.12. The number of aliphatic hydroxyl groups excluding tert-OH is 3. The number of hydrogen-bond donors (Lipinski definition) is 4. The van der Waals surface area contributed by atoms with E-state index in [0.717, 1.165) is 6.08 Å². The fourth-order valence-electron chi connectivity index (χ4n) is 0.390. The largest absolute Gasteiger partial charge is 0.481 e. The topological polar surface area (TPSA) is 124 Å². The highest BCUT2D eigenvalue weighted by Gasteiger charge is 2.31. The van der Waals surface area contributed by atoms with Gasteiger partial charge in [0.2, 0.25) is 0 Å². The predicted octanol–water partition coefficient (Wildman–Crippen LogP) is -1.23. The maximum Gasteiger partial charge on any atom is 0.330 e. The van der Waals surface area contributed by atoms with Gasteiger partial charge in [0, 0.05) is 6.08 Å². The van der Waals surface area contributed by atoms with Crippen LogP contribution >= 0.6 is 0 Å². The number of carboxylic acids is 1. The number of carboxylic acid groups (broad SMARTS) is 1. The number of rotatable bonds is 6. The number of hydrogen-bond acceptors (Lipinski definition) is 6. The molecule has 0 spiro atoms. The van der Waals surface area contributed by atoms with Gasteiger partial charge in [-0.3, -0.25) is 4.79 Å². The Morgan fingerprint density at radius 2 is 1.76 bits per heavy atom. The molecule has 17 heavy (non-hydrogen) atoms. The maximum absolute atomic E-state index is 10.2. The minimum atomic E-state index is -1.39. The molecule has 100 valence electrons. The summed E-state index contributed by atoms with van der Waals surface area (Å²) in [6.45, 7) is 3.25. The maximum atomic E-state index is 10.2. The van der Waals surface area contributed by atoms with Gasteiger partial charge in [-0.2, -0.15) is 0 Å². The molecule has 0 amide bonds. The molecule has 0 aromatic carbocycles. The van der Waals surface area contributed by atoms with Crippen molar-refractivity contribution < 1.29 is 34.8 Å². The van der Waals surface area contributed by atoms with Crippen molar-refractivity contribution in [3.8, 4) is 0 Å². The first-order valence-corrected chi connectivity index (χ1v) is 4.73. The van der Waals surface area contributed by atoms with Crippen LogP contribution in [0.1, 0.15) is 6.92 Å². The van der Waals surface area contributed by atoms with E-state index in [1.165, 1.54) is 6.92 Å². The van der Waals surface area contributed by atoms with Gasteiger partial charge in [-0.15, -0.1) is 0 Å². The van der Waals surface area contributed by atoms with Gasteiger partial charge in [-0.1, -0.05) is 6.58 Å². The minimum Gasteiger partial charge on any atom is -0.481 e. The molecule has 0 fully saturated rings. The molecular formula is C10H18O7. The lowest BCUT2D eigenvalue weighted by molar-refractivity contribution is -0.152. The molecule has 7 nitrogen and oxygen atoms in total. The molecule has 0 saturated carbocycles. The summed E-state index contributed by atoms with van der Waals surface area (Å²) in [5.41, 5.74) is -1.39. The Balaban J connectivity index is 0. The molecule has 0 saturated heterocycles. The number of carbonyl (C=O) groups excluding carboxylic acids is 1. The molecule has 7 heteroatoms. The normalized spacial score (nSPS) is 9.88. The molecular weight excluding hydrogens is 232 g/mol. The van der Waals surface area contributed by atoms with Crippen LogP contribution in [0.3, 0.4) is 0 Å². The third-order valence-electron chi connectivity index (χ3n) is 1.72. The molecule has 0 aliphatic carbocycles. The second-order valence-corrected chi connectivity index (χ2v) is 3.28. The Morgan fingerprint density at radius 1 is 1.29 bits per heavy atom. The van der Waals surface area contributed by atoms with Crippen molar-refractivity contribution in [1.82, 2.24) is 0 Å². The SMILES string of the molecule is C=CC(=O)OCCO.CC(CO)(CO)C(=O)O. The Labute approximate surface area is 99.0 Å². The molecule has 0 aromatic rings. The first-order chi connectivity index (χ1) is 7.87. The zero-order chi connectivity index (χ0) is 13.9. The van der Waals surface area contributed by atoms with Crippen molar-refractivity contribution in [2.45, 2.75) is 6.92 Å². The monoisotopic (exact) mass is 250 g/mol.